The zero-order valence-electron chi connectivity index (χ0n) is 22.7. The van der Waals surface area contributed by atoms with Crippen LogP contribution in [0.2, 0.25) is 0 Å². The zero-order valence-corrected chi connectivity index (χ0v) is 22.7. The van der Waals surface area contributed by atoms with Crippen molar-refractivity contribution in [2.75, 3.05) is 6.61 Å². The van der Waals surface area contributed by atoms with Gasteiger partial charge in [0.15, 0.2) is 0 Å². The molecule has 41 heavy (non-hydrogen) atoms. The van der Waals surface area contributed by atoms with Gasteiger partial charge in [0.05, 0.1) is 22.5 Å². The summed E-state index contributed by atoms with van der Waals surface area (Å²) in [6.45, 7) is 4.68. The fraction of sp³-hybridized carbons (Fsp3) is 0.156. The average molecular weight is 548 g/mol. The van der Waals surface area contributed by atoms with E-state index in [1.54, 1.807) is 36.9 Å². The van der Waals surface area contributed by atoms with Crippen LogP contribution in [-0.2, 0) is 16.1 Å². The van der Waals surface area contributed by atoms with E-state index in [4.69, 9.17) is 4.74 Å². The number of carbonyl (C=O) groups excluding carboxylic acids is 1. The molecule has 1 unspecified atom stereocenters. The molecule has 206 valence electrons. The molecule has 0 bridgehead atoms. The normalized spacial score (nSPS) is 15.0. The maximum atomic E-state index is 13.2. The van der Waals surface area contributed by atoms with Crippen molar-refractivity contribution in [3.63, 3.8) is 0 Å². The Labute approximate surface area is 237 Å². The number of nitrogens with one attached hydrogen (secondary N) is 1. The Morgan fingerprint density at radius 1 is 1.15 bits per heavy atom. The van der Waals surface area contributed by atoms with Crippen LogP contribution < -0.4 is 5.32 Å². The number of rotatable bonds is 9. The van der Waals surface area contributed by atoms with Gasteiger partial charge in [-0.15, -0.1) is 0 Å². The van der Waals surface area contributed by atoms with Gasteiger partial charge in [-0.25, -0.2) is 9.78 Å². The molecule has 2 aromatic carbocycles. The number of hydrogen-bond donors (Lipinski definition) is 1. The van der Waals surface area contributed by atoms with E-state index in [0.717, 1.165) is 29.1 Å². The highest BCUT2D eigenvalue weighted by Crippen LogP contribution is 2.33. The summed E-state index contributed by atoms with van der Waals surface area (Å²) in [4.78, 5) is 32.5. The number of aromatic nitrogens is 3. The fourth-order valence-corrected chi connectivity index (χ4v) is 4.76. The monoisotopic (exact) mass is 547 g/mol. The Balaban J connectivity index is 1.24. The van der Waals surface area contributed by atoms with Gasteiger partial charge in [-0.3, -0.25) is 15.1 Å². The molecule has 0 amide bonds. The van der Waals surface area contributed by atoms with E-state index in [-0.39, 0.29) is 18.2 Å². The van der Waals surface area contributed by atoms with Crippen molar-refractivity contribution in [2.45, 2.75) is 26.3 Å². The number of dihydropyridines is 1. The fourth-order valence-electron chi connectivity index (χ4n) is 4.76. The van der Waals surface area contributed by atoms with E-state index >= 15 is 0 Å². The second kappa shape index (κ2) is 12.3. The van der Waals surface area contributed by atoms with Crippen molar-refractivity contribution in [1.82, 2.24) is 19.9 Å². The lowest BCUT2D eigenvalue weighted by Gasteiger charge is -2.25. The second-order valence-corrected chi connectivity index (χ2v) is 9.75. The van der Waals surface area contributed by atoms with Crippen LogP contribution in [0.5, 0.6) is 0 Å². The van der Waals surface area contributed by atoms with Crippen molar-refractivity contribution in [3.05, 3.63) is 142 Å². The Kier molecular flexibility index (Phi) is 8.15. The number of pyridine rings is 1. The molecule has 0 fully saturated rings. The number of non-ortho nitro benzene ring substituents is 1. The Morgan fingerprint density at radius 2 is 1.98 bits per heavy atom. The molecule has 1 atom stereocenters. The van der Waals surface area contributed by atoms with Crippen LogP contribution in [0.25, 0.3) is 17.3 Å². The Hall–Kier alpha value is -5.31. The highest BCUT2D eigenvalue weighted by molar-refractivity contribution is 5.92. The molecule has 3 heterocycles. The summed E-state index contributed by atoms with van der Waals surface area (Å²) < 4.78 is 7.64. The standard InChI is InChI=1S/C32H29N5O4/c1-22-17-29(27-12-13-30(34-19-27)26-6-3-7-28(18-26)37(39)40)31(23(2)35-22)32(38)41-16-4-5-24-8-10-25(11-9-24)20-36-15-14-33-21-36/h3-15,17-19,21,29,35H,16,20H2,1-2H3/b5-4-. The van der Waals surface area contributed by atoms with E-state index in [1.165, 1.54) is 17.7 Å². The first-order chi connectivity index (χ1) is 19.9. The van der Waals surface area contributed by atoms with Gasteiger partial charge in [0, 0.05) is 60.1 Å². The van der Waals surface area contributed by atoms with Crippen LogP contribution in [0.4, 0.5) is 5.69 Å². The third-order valence-corrected chi connectivity index (χ3v) is 6.76. The summed E-state index contributed by atoms with van der Waals surface area (Å²) in [5, 5.41) is 14.4. The number of hydrogen-bond acceptors (Lipinski definition) is 7. The molecule has 1 aliphatic heterocycles. The van der Waals surface area contributed by atoms with Gasteiger partial charge >= 0.3 is 5.97 Å². The summed E-state index contributed by atoms with van der Waals surface area (Å²) >= 11 is 0. The molecule has 0 radical (unpaired) electrons. The van der Waals surface area contributed by atoms with Crippen LogP contribution in [-0.4, -0.2) is 32.0 Å². The summed E-state index contributed by atoms with van der Waals surface area (Å²) in [6.07, 6.45) is 12.9. The first kappa shape index (κ1) is 27.3. The topological polar surface area (TPSA) is 112 Å². The molecule has 2 aromatic heterocycles. The smallest absolute Gasteiger partial charge is 0.337 e. The molecule has 0 spiro atoms. The number of ether oxygens (including phenoxy) is 1. The number of carbonyl (C=O) groups is 1. The van der Waals surface area contributed by atoms with E-state index in [2.05, 4.69) is 27.4 Å². The van der Waals surface area contributed by atoms with E-state index in [1.807, 2.05) is 61.0 Å². The van der Waals surface area contributed by atoms with Gasteiger partial charge in [-0.1, -0.05) is 54.6 Å². The predicted octanol–water partition coefficient (Wildman–Crippen LogP) is 6.02. The summed E-state index contributed by atoms with van der Waals surface area (Å²) in [7, 11) is 0. The largest absolute Gasteiger partial charge is 0.458 e. The molecule has 9 heteroatoms. The molecular weight excluding hydrogens is 518 g/mol. The number of nitro groups is 1. The minimum Gasteiger partial charge on any atom is -0.458 e. The minimum absolute atomic E-state index is 0.00514. The SMILES string of the molecule is CC1=CC(c2ccc(-c3cccc([N+](=O)[O-])c3)nc2)C(C(=O)OC/C=C\c2ccc(Cn3ccnc3)cc2)=C(C)N1. The molecule has 1 aliphatic rings. The first-order valence-corrected chi connectivity index (χ1v) is 13.1. The number of nitro benzene ring substituents is 1. The molecule has 0 aliphatic carbocycles. The predicted molar refractivity (Wildman–Crippen MR) is 156 cm³/mol. The number of imidazole rings is 1. The number of benzene rings is 2. The Bertz CT molecular complexity index is 1640. The molecule has 0 saturated carbocycles. The maximum absolute atomic E-state index is 13.2. The zero-order chi connectivity index (χ0) is 28.8. The number of allylic oxidation sites excluding steroid dienone is 3. The van der Waals surface area contributed by atoms with Crippen molar-refractivity contribution in [2.24, 2.45) is 0 Å². The van der Waals surface area contributed by atoms with Crippen molar-refractivity contribution >= 4 is 17.7 Å². The van der Waals surface area contributed by atoms with Crippen LogP contribution in [0.15, 0.2) is 115 Å². The van der Waals surface area contributed by atoms with Crippen molar-refractivity contribution < 1.29 is 14.5 Å². The molecule has 1 N–H and O–H groups in total. The molecular formula is C32H29N5O4. The van der Waals surface area contributed by atoms with Gasteiger partial charge in [0.1, 0.15) is 6.61 Å². The van der Waals surface area contributed by atoms with Crippen molar-refractivity contribution in [1.29, 1.82) is 0 Å². The van der Waals surface area contributed by atoms with Crippen LogP contribution >= 0.6 is 0 Å². The number of esters is 1. The lowest BCUT2D eigenvalue weighted by atomic mass is 9.87. The quantitative estimate of drug-likeness (QED) is 0.155. The van der Waals surface area contributed by atoms with Crippen LogP contribution in [0.3, 0.4) is 0 Å². The van der Waals surface area contributed by atoms with Crippen molar-refractivity contribution in [3.8, 4) is 11.3 Å². The lowest BCUT2D eigenvalue weighted by molar-refractivity contribution is -0.384. The van der Waals surface area contributed by atoms with Gasteiger partial charge in [0.25, 0.3) is 5.69 Å². The van der Waals surface area contributed by atoms with E-state index < -0.39 is 10.9 Å². The highest BCUT2D eigenvalue weighted by atomic mass is 16.6. The second-order valence-electron chi connectivity index (χ2n) is 9.75. The summed E-state index contributed by atoms with van der Waals surface area (Å²) in [5.41, 5.74) is 6.41. The third kappa shape index (κ3) is 6.65. The van der Waals surface area contributed by atoms with Gasteiger partial charge in [0.2, 0.25) is 0 Å². The van der Waals surface area contributed by atoms with Crippen LogP contribution in [0, 0.1) is 10.1 Å². The van der Waals surface area contributed by atoms with Crippen LogP contribution in [0.1, 0.15) is 36.5 Å². The van der Waals surface area contributed by atoms with E-state index in [0.29, 0.717) is 16.8 Å². The third-order valence-electron chi connectivity index (χ3n) is 6.76. The molecule has 0 saturated heterocycles. The Morgan fingerprint density at radius 3 is 2.68 bits per heavy atom. The van der Waals surface area contributed by atoms with Gasteiger partial charge in [-0.2, -0.15) is 0 Å². The maximum Gasteiger partial charge on any atom is 0.337 e. The number of nitrogens with zero attached hydrogens (tertiary/aromatic N) is 4. The van der Waals surface area contributed by atoms with E-state index in [9.17, 15) is 14.9 Å². The molecule has 5 rings (SSSR count). The molecule has 9 nitrogen and oxygen atoms in total. The summed E-state index contributed by atoms with van der Waals surface area (Å²) in [5.74, 6) is -0.755. The van der Waals surface area contributed by atoms with Gasteiger partial charge < -0.3 is 14.6 Å². The summed E-state index contributed by atoms with van der Waals surface area (Å²) in [6, 6.07) is 18.2. The molecule has 4 aromatic rings. The highest BCUT2D eigenvalue weighted by Gasteiger charge is 2.28. The van der Waals surface area contributed by atoms with Gasteiger partial charge in [-0.05, 0) is 42.7 Å². The minimum atomic E-state index is -0.429. The lowest BCUT2D eigenvalue weighted by Crippen LogP contribution is -2.25. The average Bonchev–Trinajstić information content (AvgIpc) is 3.49. The first-order valence-electron chi connectivity index (χ1n) is 13.1.